The van der Waals surface area contributed by atoms with E-state index in [0.717, 1.165) is 24.5 Å². The van der Waals surface area contributed by atoms with Crippen molar-refractivity contribution >= 4 is 22.9 Å². The first-order chi connectivity index (χ1) is 6.76. The standard InChI is InChI=1S/C8H14ClN3OS/c1-2-3-12(4-5-13)6-7-10-11-8(9)14-7/h13H,2-6H2,1H3. The van der Waals surface area contributed by atoms with Crippen molar-refractivity contribution in [3.8, 4) is 0 Å². The van der Waals surface area contributed by atoms with Crippen LogP contribution in [-0.2, 0) is 6.54 Å². The highest BCUT2D eigenvalue weighted by Gasteiger charge is 2.08. The largest absolute Gasteiger partial charge is 0.395 e. The number of hydrogen-bond acceptors (Lipinski definition) is 5. The first-order valence-electron chi connectivity index (χ1n) is 4.57. The van der Waals surface area contributed by atoms with E-state index >= 15 is 0 Å². The smallest absolute Gasteiger partial charge is 0.207 e. The fourth-order valence-corrected chi connectivity index (χ4v) is 2.13. The number of halogens is 1. The number of aromatic nitrogens is 2. The topological polar surface area (TPSA) is 49.2 Å². The van der Waals surface area contributed by atoms with Crippen LogP contribution in [0.3, 0.4) is 0 Å². The zero-order valence-corrected chi connectivity index (χ0v) is 9.68. The van der Waals surface area contributed by atoms with Crippen LogP contribution in [0.25, 0.3) is 0 Å². The molecule has 4 nitrogen and oxygen atoms in total. The second-order valence-corrected chi connectivity index (χ2v) is 4.59. The summed E-state index contributed by atoms with van der Waals surface area (Å²) in [6, 6.07) is 0. The Hall–Kier alpha value is -0.230. The molecule has 1 heterocycles. The SMILES string of the molecule is CCCN(CCO)Cc1nnc(Cl)s1. The van der Waals surface area contributed by atoms with Gasteiger partial charge in [-0.3, -0.25) is 4.90 Å². The van der Waals surface area contributed by atoms with Gasteiger partial charge in [-0.15, -0.1) is 10.2 Å². The van der Waals surface area contributed by atoms with Crippen molar-refractivity contribution < 1.29 is 5.11 Å². The minimum Gasteiger partial charge on any atom is -0.395 e. The highest BCUT2D eigenvalue weighted by molar-refractivity contribution is 7.15. The molecule has 0 saturated heterocycles. The Labute approximate surface area is 92.5 Å². The summed E-state index contributed by atoms with van der Waals surface area (Å²) >= 11 is 7.06. The van der Waals surface area contributed by atoms with Gasteiger partial charge in [0.05, 0.1) is 13.2 Å². The van der Waals surface area contributed by atoms with E-state index in [9.17, 15) is 0 Å². The maximum atomic E-state index is 8.85. The Balaban J connectivity index is 2.46. The number of nitrogens with zero attached hydrogens (tertiary/aromatic N) is 3. The van der Waals surface area contributed by atoms with Crippen molar-refractivity contribution in [3.05, 3.63) is 9.47 Å². The molecule has 0 spiro atoms. The molecular formula is C8H14ClN3OS. The molecule has 0 saturated carbocycles. The van der Waals surface area contributed by atoms with Crippen LogP contribution in [0.1, 0.15) is 18.4 Å². The summed E-state index contributed by atoms with van der Waals surface area (Å²) in [5, 5.41) is 17.4. The molecule has 1 aromatic rings. The lowest BCUT2D eigenvalue weighted by Gasteiger charge is -2.18. The molecule has 0 aliphatic carbocycles. The maximum absolute atomic E-state index is 8.85. The van der Waals surface area contributed by atoms with Crippen LogP contribution in [0.4, 0.5) is 0 Å². The molecule has 0 unspecified atom stereocenters. The van der Waals surface area contributed by atoms with Gasteiger partial charge < -0.3 is 5.11 Å². The van der Waals surface area contributed by atoms with Crippen LogP contribution in [0.15, 0.2) is 0 Å². The quantitative estimate of drug-likeness (QED) is 0.810. The molecule has 1 aromatic heterocycles. The predicted molar refractivity (Wildman–Crippen MR) is 57.6 cm³/mol. The summed E-state index contributed by atoms with van der Waals surface area (Å²) in [5.41, 5.74) is 0. The fraction of sp³-hybridized carbons (Fsp3) is 0.750. The van der Waals surface area contributed by atoms with E-state index in [0.29, 0.717) is 11.0 Å². The minimum atomic E-state index is 0.173. The molecule has 6 heteroatoms. The summed E-state index contributed by atoms with van der Waals surface area (Å²) in [5.74, 6) is 0. The second-order valence-electron chi connectivity index (χ2n) is 2.95. The Morgan fingerprint density at radius 3 is 2.71 bits per heavy atom. The number of rotatable bonds is 6. The summed E-state index contributed by atoms with van der Waals surface area (Å²) in [4.78, 5) is 2.14. The highest BCUT2D eigenvalue weighted by atomic mass is 35.5. The summed E-state index contributed by atoms with van der Waals surface area (Å²) in [7, 11) is 0. The third-order valence-electron chi connectivity index (χ3n) is 1.76. The van der Waals surface area contributed by atoms with E-state index in [2.05, 4.69) is 22.0 Å². The second kappa shape index (κ2) is 6.29. The molecular weight excluding hydrogens is 222 g/mol. The van der Waals surface area contributed by atoms with Crippen LogP contribution in [0.2, 0.25) is 4.47 Å². The Morgan fingerprint density at radius 2 is 2.21 bits per heavy atom. The van der Waals surface area contributed by atoms with Crippen LogP contribution in [-0.4, -0.2) is 39.9 Å². The molecule has 0 fully saturated rings. The van der Waals surface area contributed by atoms with Crippen LogP contribution >= 0.6 is 22.9 Å². The highest BCUT2D eigenvalue weighted by Crippen LogP contribution is 2.16. The molecule has 0 radical (unpaired) electrons. The van der Waals surface area contributed by atoms with E-state index < -0.39 is 0 Å². The number of aliphatic hydroxyl groups is 1. The molecule has 1 N–H and O–H groups in total. The van der Waals surface area contributed by atoms with Crippen molar-refractivity contribution in [2.45, 2.75) is 19.9 Å². The van der Waals surface area contributed by atoms with Gasteiger partial charge in [0.2, 0.25) is 4.47 Å². The minimum absolute atomic E-state index is 0.173. The molecule has 0 aliphatic rings. The third kappa shape index (κ3) is 3.88. The molecule has 0 bridgehead atoms. The average Bonchev–Trinajstić information content (AvgIpc) is 2.52. The number of aliphatic hydroxyl groups excluding tert-OH is 1. The molecule has 0 aromatic carbocycles. The zero-order valence-electron chi connectivity index (χ0n) is 8.11. The fourth-order valence-electron chi connectivity index (χ4n) is 1.22. The van der Waals surface area contributed by atoms with Gasteiger partial charge >= 0.3 is 0 Å². The predicted octanol–water partition coefficient (Wildman–Crippen LogP) is 1.40. The van der Waals surface area contributed by atoms with E-state index in [-0.39, 0.29) is 6.61 Å². The van der Waals surface area contributed by atoms with Gasteiger partial charge in [-0.05, 0) is 24.6 Å². The lowest BCUT2D eigenvalue weighted by Crippen LogP contribution is -2.27. The summed E-state index contributed by atoms with van der Waals surface area (Å²) in [6.07, 6.45) is 1.06. The van der Waals surface area contributed by atoms with Crippen LogP contribution in [0, 0.1) is 0 Å². The van der Waals surface area contributed by atoms with Gasteiger partial charge in [0.25, 0.3) is 0 Å². The van der Waals surface area contributed by atoms with Gasteiger partial charge in [-0.1, -0.05) is 18.3 Å². The van der Waals surface area contributed by atoms with E-state index in [1.165, 1.54) is 11.3 Å². The lowest BCUT2D eigenvalue weighted by atomic mass is 10.4. The molecule has 0 aliphatic heterocycles. The summed E-state index contributed by atoms with van der Waals surface area (Å²) in [6.45, 7) is 4.63. The van der Waals surface area contributed by atoms with Gasteiger partial charge in [-0.2, -0.15) is 0 Å². The zero-order chi connectivity index (χ0) is 10.4. The van der Waals surface area contributed by atoms with Gasteiger partial charge in [0.1, 0.15) is 5.01 Å². The Kier molecular flexibility index (Phi) is 5.32. The molecule has 1 rings (SSSR count). The lowest BCUT2D eigenvalue weighted by molar-refractivity contribution is 0.190. The van der Waals surface area contributed by atoms with Crippen molar-refractivity contribution in [2.75, 3.05) is 19.7 Å². The first kappa shape index (κ1) is 11.8. The maximum Gasteiger partial charge on any atom is 0.207 e. The van der Waals surface area contributed by atoms with E-state index in [1.807, 2.05) is 0 Å². The van der Waals surface area contributed by atoms with Crippen LogP contribution in [0.5, 0.6) is 0 Å². The normalized spacial score (nSPS) is 11.1. The molecule has 0 atom stereocenters. The van der Waals surface area contributed by atoms with Crippen LogP contribution < -0.4 is 0 Å². The number of hydrogen-bond donors (Lipinski definition) is 1. The summed E-state index contributed by atoms with van der Waals surface area (Å²) < 4.78 is 0.473. The van der Waals surface area contributed by atoms with Gasteiger partial charge in [0, 0.05) is 6.54 Å². The van der Waals surface area contributed by atoms with Crippen molar-refractivity contribution in [1.82, 2.24) is 15.1 Å². The Morgan fingerprint density at radius 1 is 1.43 bits per heavy atom. The average molecular weight is 236 g/mol. The van der Waals surface area contributed by atoms with E-state index in [4.69, 9.17) is 16.7 Å². The Bertz CT molecular complexity index is 263. The third-order valence-corrected chi connectivity index (χ3v) is 2.76. The molecule has 0 amide bonds. The monoisotopic (exact) mass is 235 g/mol. The van der Waals surface area contributed by atoms with E-state index in [1.54, 1.807) is 0 Å². The van der Waals surface area contributed by atoms with Crippen molar-refractivity contribution in [2.24, 2.45) is 0 Å². The van der Waals surface area contributed by atoms with Crippen molar-refractivity contribution in [1.29, 1.82) is 0 Å². The molecule has 80 valence electrons. The molecule has 14 heavy (non-hydrogen) atoms. The van der Waals surface area contributed by atoms with Gasteiger partial charge in [0.15, 0.2) is 0 Å². The van der Waals surface area contributed by atoms with Crippen molar-refractivity contribution in [3.63, 3.8) is 0 Å². The van der Waals surface area contributed by atoms with Gasteiger partial charge in [-0.25, -0.2) is 0 Å². The first-order valence-corrected chi connectivity index (χ1v) is 5.76.